The average Bonchev–Trinajstić information content (AvgIpc) is 2.68. The van der Waals surface area contributed by atoms with E-state index in [4.69, 9.17) is 0 Å². The molecule has 0 radical (unpaired) electrons. The zero-order valence-corrected chi connectivity index (χ0v) is 10.9. The molecule has 0 saturated heterocycles. The number of oxazole rings is 1. The molecule has 120 valence electrons. The van der Waals surface area contributed by atoms with E-state index in [1.54, 1.807) is 0 Å². The Labute approximate surface area is 115 Å². The molecule has 0 bridgehead atoms. The molecular weight excluding hydrogens is 308 g/mol. The molecule has 0 aliphatic rings. The van der Waals surface area contributed by atoms with Gasteiger partial charge in [-0.3, -0.25) is 0 Å². The summed E-state index contributed by atoms with van der Waals surface area (Å²) in [6, 6.07) is 0. The van der Waals surface area contributed by atoms with E-state index in [1.807, 2.05) is 0 Å². The lowest BCUT2D eigenvalue weighted by Gasteiger charge is -2.19. The Bertz CT molecular complexity index is 491. The van der Waals surface area contributed by atoms with Crippen molar-refractivity contribution < 1.29 is 40.3 Å². The van der Waals surface area contributed by atoms with Crippen LogP contribution < -0.4 is 0 Å². The molecule has 10 heteroatoms. The first-order chi connectivity index (χ1) is 9.52. The molecule has 1 heterocycles. The SMILES string of the molecule is CCOC(=O)c1oc(C(C(F)(F)F)C(F)(F)F)nc1CC. The second-order valence-electron chi connectivity index (χ2n) is 3.92. The van der Waals surface area contributed by atoms with Crippen LogP contribution in [0.2, 0.25) is 0 Å². The van der Waals surface area contributed by atoms with E-state index in [0.29, 0.717) is 0 Å². The highest BCUT2D eigenvalue weighted by Gasteiger charge is 2.60. The number of nitrogens with zero attached hydrogens (tertiary/aromatic N) is 1. The number of carbonyl (C=O) groups excluding carboxylic acids is 1. The molecule has 0 saturated carbocycles. The molecule has 21 heavy (non-hydrogen) atoms. The maximum Gasteiger partial charge on any atom is 0.409 e. The van der Waals surface area contributed by atoms with E-state index in [1.165, 1.54) is 13.8 Å². The average molecular weight is 319 g/mol. The van der Waals surface area contributed by atoms with Crippen LogP contribution in [0.5, 0.6) is 0 Å². The van der Waals surface area contributed by atoms with Crippen LogP contribution in [0.1, 0.15) is 41.9 Å². The van der Waals surface area contributed by atoms with Gasteiger partial charge in [-0.15, -0.1) is 0 Å². The van der Waals surface area contributed by atoms with Crippen LogP contribution in [-0.4, -0.2) is 29.9 Å². The smallest absolute Gasteiger partial charge is 0.409 e. The number of rotatable bonds is 4. The fraction of sp³-hybridized carbons (Fsp3) is 0.636. The number of aromatic nitrogens is 1. The van der Waals surface area contributed by atoms with Gasteiger partial charge in [0.1, 0.15) is 0 Å². The maximum atomic E-state index is 12.6. The molecule has 0 amide bonds. The highest BCUT2D eigenvalue weighted by Crippen LogP contribution is 2.46. The van der Waals surface area contributed by atoms with Gasteiger partial charge < -0.3 is 9.15 Å². The van der Waals surface area contributed by atoms with Crippen LogP contribution >= 0.6 is 0 Å². The van der Waals surface area contributed by atoms with Crippen molar-refractivity contribution in [3.05, 3.63) is 17.3 Å². The Morgan fingerprint density at radius 1 is 1.19 bits per heavy atom. The number of carbonyl (C=O) groups is 1. The lowest BCUT2D eigenvalue weighted by atomic mass is 10.1. The molecule has 0 aliphatic carbocycles. The van der Waals surface area contributed by atoms with Crippen LogP contribution in [0.25, 0.3) is 0 Å². The van der Waals surface area contributed by atoms with Crippen molar-refractivity contribution >= 4 is 5.97 Å². The summed E-state index contributed by atoms with van der Waals surface area (Å²) in [6.45, 7) is 2.72. The molecule has 0 N–H and O–H groups in total. The van der Waals surface area contributed by atoms with E-state index in [9.17, 15) is 31.1 Å². The molecule has 0 fully saturated rings. The van der Waals surface area contributed by atoms with E-state index >= 15 is 0 Å². The minimum absolute atomic E-state index is 0.0833. The first-order valence-corrected chi connectivity index (χ1v) is 5.82. The van der Waals surface area contributed by atoms with Crippen LogP contribution in [0, 0.1) is 0 Å². The highest BCUT2D eigenvalue weighted by atomic mass is 19.4. The second-order valence-corrected chi connectivity index (χ2v) is 3.92. The minimum atomic E-state index is -5.64. The number of aryl methyl sites for hydroxylation is 1. The number of esters is 1. The molecular formula is C11H11F6NO3. The first kappa shape index (κ1) is 17.3. The highest BCUT2D eigenvalue weighted by molar-refractivity contribution is 5.87. The topological polar surface area (TPSA) is 52.3 Å². The molecule has 0 unspecified atom stereocenters. The quantitative estimate of drug-likeness (QED) is 0.628. The van der Waals surface area contributed by atoms with Crippen molar-refractivity contribution in [1.82, 2.24) is 4.98 Å². The fourth-order valence-electron chi connectivity index (χ4n) is 1.55. The molecule has 0 spiro atoms. The largest absolute Gasteiger partial charge is 0.460 e. The Balaban J connectivity index is 3.32. The number of ether oxygens (including phenoxy) is 1. The van der Waals surface area contributed by atoms with Crippen molar-refractivity contribution in [3.8, 4) is 0 Å². The molecule has 0 aliphatic heterocycles. The summed E-state index contributed by atoms with van der Waals surface area (Å²) in [7, 11) is 0. The molecule has 1 rings (SSSR count). The number of hydrogen-bond donors (Lipinski definition) is 0. The van der Waals surface area contributed by atoms with Gasteiger partial charge in [-0.25, -0.2) is 9.78 Å². The van der Waals surface area contributed by atoms with E-state index in [2.05, 4.69) is 14.1 Å². The van der Waals surface area contributed by atoms with Gasteiger partial charge in [0.2, 0.25) is 17.6 Å². The summed E-state index contributed by atoms with van der Waals surface area (Å²) in [5, 5.41) is 0. The predicted octanol–water partition coefficient (Wildman–Crippen LogP) is 3.62. The first-order valence-electron chi connectivity index (χ1n) is 5.82. The van der Waals surface area contributed by atoms with Crippen LogP contribution in [0.3, 0.4) is 0 Å². The summed E-state index contributed by atoms with van der Waals surface area (Å²) in [4.78, 5) is 14.6. The van der Waals surface area contributed by atoms with Gasteiger partial charge in [-0.1, -0.05) is 6.92 Å². The molecule has 1 aromatic rings. The fourth-order valence-corrected chi connectivity index (χ4v) is 1.55. The zero-order chi connectivity index (χ0) is 16.4. The third kappa shape index (κ3) is 3.88. The summed E-state index contributed by atoms with van der Waals surface area (Å²) in [6.07, 6.45) is -11.4. The second kappa shape index (κ2) is 5.94. The summed E-state index contributed by atoms with van der Waals surface area (Å²) in [5.74, 6) is -7.41. The van der Waals surface area contributed by atoms with Crippen molar-refractivity contribution in [2.45, 2.75) is 38.5 Å². The van der Waals surface area contributed by atoms with Gasteiger partial charge in [0.05, 0.1) is 12.3 Å². The third-order valence-electron chi connectivity index (χ3n) is 2.41. The lowest BCUT2D eigenvalue weighted by Crippen LogP contribution is -2.34. The summed E-state index contributed by atoms with van der Waals surface area (Å²) < 4.78 is 84.3. The number of alkyl halides is 6. The predicted molar refractivity (Wildman–Crippen MR) is 56.7 cm³/mol. The monoisotopic (exact) mass is 319 g/mol. The van der Waals surface area contributed by atoms with Crippen molar-refractivity contribution in [3.63, 3.8) is 0 Å². The lowest BCUT2D eigenvalue weighted by molar-refractivity contribution is -0.258. The van der Waals surface area contributed by atoms with Crippen LogP contribution in [0.4, 0.5) is 26.3 Å². The molecule has 4 nitrogen and oxygen atoms in total. The van der Waals surface area contributed by atoms with Crippen molar-refractivity contribution in [1.29, 1.82) is 0 Å². The standard InChI is InChI=1S/C11H11F6NO3/c1-3-5-6(9(19)20-4-2)21-8(18-5)7(10(12,13)14)11(15,16)17/h7H,3-4H2,1-2H3. The Hall–Kier alpha value is -1.74. The zero-order valence-electron chi connectivity index (χ0n) is 10.9. The van der Waals surface area contributed by atoms with E-state index in [0.717, 1.165) is 0 Å². The van der Waals surface area contributed by atoms with Gasteiger partial charge in [0.25, 0.3) is 0 Å². The molecule has 0 atom stereocenters. The normalized spacial score (nSPS) is 12.8. The molecule has 0 aromatic carbocycles. The summed E-state index contributed by atoms with van der Waals surface area (Å²) in [5.41, 5.74) is -0.318. The van der Waals surface area contributed by atoms with Crippen LogP contribution in [-0.2, 0) is 11.2 Å². The third-order valence-corrected chi connectivity index (χ3v) is 2.41. The van der Waals surface area contributed by atoms with Crippen molar-refractivity contribution in [2.75, 3.05) is 6.61 Å². The summed E-state index contributed by atoms with van der Waals surface area (Å²) >= 11 is 0. The van der Waals surface area contributed by atoms with Gasteiger partial charge in [-0.2, -0.15) is 26.3 Å². The maximum absolute atomic E-state index is 12.6. The van der Waals surface area contributed by atoms with Gasteiger partial charge in [-0.05, 0) is 13.3 Å². The van der Waals surface area contributed by atoms with Crippen molar-refractivity contribution in [2.24, 2.45) is 0 Å². The van der Waals surface area contributed by atoms with E-state index < -0.39 is 35.9 Å². The van der Waals surface area contributed by atoms with E-state index in [-0.39, 0.29) is 18.7 Å². The van der Waals surface area contributed by atoms with Gasteiger partial charge >= 0.3 is 18.3 Å². The Morgan fingerprint density at radius 3 is 2.10 bits per heavy atom. The minimum Gasteiger partial charge on any atom is -0.460 e. The number of hydrogen-bond acceptors (Lipinski definition) is 4. The van der Waals surface area contributed by atoms with Gasteiger partial charge in [0.15, 0.2) is 0 Å². The Kier molecular flexibility index (Phi) is 4.90. The number of halogens is 6. The van der Waals surface area contributed by atoms with Crippen LogP contribution in [0.15, 0.2) is 4.42 Å². The molecule has 1 aromatic heterocycles. The van der Waals surface area contributed by atoms with Gasteiger partial charge in [0, 0.05) is 0 Å². The Morgan fingerprint density at radius 2 is 1.71 bits per heavy atom.